The molecule has 8 nitrogen and oxygen atoms in total. The molecule has 1 fully saturated rings. The van der Waals surface area contributed by atoms with Crippen molar-refractivity contribution in [1.29, 1.82) is 0 Å². The van der Waals surface area contributed by atoms with Crippen molar-refractivity contribution < 1.29 is 18.1 Å². The van der Waals surface area contributed by atoms with E-state index in [1.54, 1.807) is 0 Å². The number of hydrogen-bond donors (Lipinski definition) is 1. The number of nitrogens with zero attached hydrogens (tertiary/aromatic N) is 2. The standard InChI is InChI=1S/C15H14ClN3O5S2/c16-13-6-7-14(25-13)26(23,24)18-8-2-5-12(18)15(20)17-10-3-1-4-11(9-10)19(21)22/h1,3-4,6-7,9,12H,2,5,8H2,(H,17,20). The molecule has 1 aromatic carbocycles. The fraction of sp³-hybridized carbons (Fsp3) is 0.267. The SMILES string of the molecule is O=C(Nc1cccc([N+](=O)[O-])c1)C1CCCN1S(=O)(=O)c1ccc(Cl)s1. The van der Waals surface area contributed by atoms with Crippen LogP contribution in [0.4, 0.5) is 11.4 Å². The number of carbonyl (C=O) groups excluding carboxylic acids is 1. The number of nitro benzene ring substituents is 1. The molecule has 1 aliphatic heterocycles. The highest BCUT2D eigenvalue weighted by Crippen LogP contribution is 2.32. The zero-order valence-corrected chi connectivity index (χ0v) is 15.7. The lowest BCUT2D eigenvalue weighted by Crippen LogP contribution is -2.42. The molecule has 1 N–H and O–H groups in total. The molecule has 11 heteroatoms. The van der Waals surface area contributed by atoms with Gasteiger partial charge in [0.2, 0.25) is 5.91 Å². The van der Waals surface area contributed by atoms with Crippen molar-refractivity contribution in [2.45, 2.75) is 23.1 Å². The molecule has 0 bridgehead atoms. The van der Waals surface area contributed by atoms with E-state index >= 15 is 0 Å². The molecule has 0 radical (unpaired) electrons. The van der Waals surface area contributed by atoms with Crippen LogP contribution in [0.3, 0.4) is 0 Å². The Morgan fingerprint density at radius 3 is 2.77 bits per heavy atom. The molecule has 1 unspecified atom stereocenters. The quantitative estimate of drug-likeness (QED) is 0.596. The zero-order valence-electron chi connectivity index (χ0n) is 13.3. The van der Waals surface area contributed by atoms with E-state index in [2.05, 4.69) is 5.32 Å². The number of hydrogen-bond acceptors (Lipinski definition) is 6. The predicted octanol–water partition coefficient (Wildman–Crippen LogP) is 3.10. The lowest BCUT2D eigenvalue weighted by Gasteiger charge is -2.22. The fourth-order valence-electron chi connectivity index (χ4n) is 2.76. The van der Waals surface area contributed by atoms with Gasteiger partial charge in [-0.15, -0.1) is 11.3 Å². The first-order chi connectivity index (χ1) is 12.3. The minimum atomic E-state index is -3.83. The molecule has 1 aliphatic rings. The highest BCUT2D eigenvalue weighted by Gasteiger charge is 2.40. The van der Waals surface area contributed by atoms with E-state index < -0.39 is 26.9 Å². The molecule has 1 atom stereocenters. The van der Waals surface area contributed by atoms with Gasteiger partial charge >= 0.3 is 0 Å². The highest BCUT2D eigenvalue weighted by molar-refractivity contribution is 7.91. The van der Waals surface area contributed by atoms with E-state index in [1.807, 2.05) is 0 Å². The van der Waals surface area contributed by atoms with E-state index in [0.29, 0.717) is 17.2 Å². The summed E-state index contributed by atoms with van der Waals surface area (Å²) in [6.07, 6.45) is 0.921. The molecule has 0 spiro atoms. The Bertz CT molecular complexity index is 960. The average Bonchev–Trinajstić information content (AvgIpc) is 3.24. The van der Waals surface area contributed by atoms with Crippen LogP contribution in [-0.4, -0.2) is 36.1 Å². The molecule has 0 saturated carbocycles. The van der Waals surface area contributed by atoms with Crippen molar-refractivity contribution in [3.63, 3.8) is 0 Å². The third-order valence-corrected chi connectivity index (χ3v) is 7.55. The number of amides is 1. The van der Waals surface area contributed by atoms with E-state index in [0.717, 1.165) is 15.6 Å². The summed E-state index contributed by atoms with van der Waals surface area (Å²) < 4.78 is 27.1. The van der Waals surface area contributed by atoms with Crippen LogP contribution in [-0.2, 0) is 14.8 Å². The molecule has 1 amide bonds. The summed E-state index contributed by atoms with van der Waals surface area (Å²) in [5.74, 6) is -0.519. The van der Waals surface area contributed by atoms with Gasteiger partial charge < -0.3 is 5.32 Å². The summed E-state index contributed by atoms with van der Waals surface area (Å²) in [6.45, 7) is 0.227. The number of halogens is 1. The number of non-ortho nitro benzene ring substituents is 1. The van der Waals surface area contributed by atoms with Crippen LogP contribution in [0.15, 0.2) is 40.6 Å². The number of nitro groups is 1. The maximum absolute atomic E-state index is 12.8. The lowest BCUT2D eigenvalue weighted by molar-refractivity contribution is -0.384. The number of benzene rings is 1. The highest BCUT2D eigenvalue weighted by atomic mass is 35.5. The van der Waals surface area contributed by atoms with Gasteiger partial charge in [-0.1, -0.05) is 17.7 Å². The first-order valence-corrected chi connectivity index (χ1v) is 10.2. The van der Waals surface area contributed by atoms with Gasteiger partial charge in [-0.3, -0.25) is 14.9 Å². The molecular formula is C15H14ClN3O5S2. The Kier molecular flexibility index (Phi) is 5.28. The first-order valence-electron chi connectivity index (χ1n) is 7.61. The molecular weight excluding hydrogens is 402 g/mol. The first kappa shape index (κ1) is 18.8. The Hall–Kier alpha value is -2.01. The van der Waals surface area contributed by atoms with Crippen molar-refractivity contribution in [2.75, 3.05) is 11.9 Å². The Labute approximate surface area is 158 Å². The summed E-state index contributed by atoms with van der Waals surface area (Å²) >= 11 is 6.75. The third-order valence-electron chi connectivity index (χ3n) is 3.94. The Balaban J connectivity index is 1.80. The summed E-state index contributed by atoms with van der Waals surface area (Å²) in [5, 5.41) is 13.4. The topological polar surface area (TPSA) is 110 Å². The number of rotatable bonds is 5. The monoisotopic (exact) mass is 415 g/mol. The number of anilines is 1. The van der Waals surface area contributed by atoms with Crippen molar-refractivity contribution in [3.8, 4) is 0 Å². The van der Waals surface area contributed by atoms with Gasteiger partial charge in [0.25, 0.3) is 15.7 Å². The minimum Gasteiger partial charge on any atom is -0.324 e. The summed E-state index contributed by atoms with van der Waals surface area (Å²) in [6, 6.07) is 7.53. The van der Waals surface area contributed by atoms with Crippen molar-refractivity contribution >= 4 is 50.2 Å². The summed E-state index contributed by atoms with van der Waals surface area (Å²) in [5.41, 5.74) is 0.0829. The summed E-state index contributed by atoms with van der Waals surface area (Å²) in [4.78, 5) is 22.8. The van der Waals surface area contributed by atoms with E-state index in [9.17, 15) is 23.3 Å². The van der Waals surface area contributed by atoms with Gasteiger partial charge in [-0.2, -0.15) is 4.31 Å². The molecule has 3 rings (SSSR count). The number of thiophene rings is 1. The number of carbonyl (C=O) groups is 1. The second-order valence-electron chi connectivity index (χ2n) is 5.63. The molecule has 26 heavy (non-hydrogen) atoms. The smallest absolute Gasteiger partial charge is 0.271 e. The number of nitrogens with one attached hydrogen (secondary N) is 1. The zero-order chi connectivity index (χ0) is 18.9. The molecule has 2 aromatic rings. The number of sulfonamides is 1. The van der Waals surface area contributed by atoms with Crippen LogP contribution in [0.1, 0.15) is 12.8 Å². The maximum atomic E-state index is 12.8. The van der Waals surface area contributed by atoms with Crippen LogP contribution in [0.5, 0.6) is 0 Å². The Morgan fingerprint density at radius 2 is 2.12 bits per heavy atom. The normalized spacial score (nSPS) is 18.0. The Morgan fingerprint density at radius 1 is 1.35 bits per heavy atom. The summed E-state index contributed by atoms with van der Waals surface area (Å²) in [7, 11) is -3.83. The lowest BCUT2D eigenvalue weighted by atomic mass is 10.2. The van der Waals surface area contributed by atoms with Gasteiger partial charge in [0.1, 0.15) is 10.3 Å². The van der Waals surface area contributed by atoms with Gasteiger partial charge in [0.05, 0.1) is 9.26 Å². The molecule has 2 heterocycles. The van der Waals surface area contributed by atoms with Crippen LogP contribution < -0.4 is 5.32 Å². The molecule has 138 valence electrons. The predicted molar refractivity (Wildman–Crippen MR) is 98.0 cm³/mol. The van der Waals surface area contributed by atoms with Gasteiger partial charge in [-0.05, 0) is 31.0 Å². The minimum absolute atomic E-state index is 0.0811. The van der Waals surface area contributed by atoms with Crippen LogP contribution in [0.25, 0.3) is 0 Å². The van der Waals surface area contributed by atoms with Crippen molar-refractivity contribution in [1.82, 2.24) is 4.31 Å². The molecule has 0 aliphatic carbocycles. The van der Waals surface area contributed by atoms with Gasteiger partial charge in [0, 0.05) is 24.4 Å². The molecule has 1 aromatic heterocycles. The van der Waals surface area contributed by atoms with Crippen molar-refractivity contribution in [2.24, 2.45) is 0 Å². The second kappa shape index (κ2) is 7.31. The van der Waals surface area contributed by atoms with Crippen LogP contribution in [0, 0.1) is 10.1 Å². The van der Waals surface area contributed by atoms with Gasteiger partial charge in [-0.25, -0.2) is 8.42 Å². The van der Waals surface area contributed by atoms with Crippen LogP contribution in [0.2, 0.25) is 4.34 Å². The van der Waals surface area contributed by atoms with E-state index in [1.165, 1.54) is 36.4 Å². The van der Waals surface area contributed by atoms with Gasteiger partial charge in [0.15, 0.2) is 0 Å². The van der Waals surface area contributed by atoms with Crippen LogP contribution >= 0.6 is 22.9 Å². The van der Waals surface area contributed by atoms with E-state index in [-0.39, 0.29) is 22.1 Å². The fourth-order valence-corrected chi connectivity index (χ4v) is 6.03. The third kappa shape index (κ3) is 3.73. The second-order valence-corrected chi connectivity index (χ2v) is 9.46. The maximum Gasteiger partial charge on any atom is 0.271 e. The average molecular weight is 416 g/mol. The van der Waals surface area contributed by atoms with Crippen molar-refractivity contribution in [3.05, 3.63) is 50.8 Å². The molecule has 1 saturated heterocycles. The van der Waals surface area contributed by atoms with E-state index in [4.69, 9.17) is 11.6 Å². The largest absolute Gasteiger partial charge is 0.324 e.